The summed E-state index contributed by atoms with van der Waals surface area (Å²) < 4.78 is 13.8. The average Bonchev–Trinajstić information content (AvgIpc) is 3.44. The number of halogens is 1. The van der Waals surface area contributed by atoms with Crippen molar-refractivity contribution < 1.29 is 23.6 Å². The van der Waals surface area contributed by atoms with E-state index in [1.807, 2.05) is 24.3 Å². The quantitative estimate of drug-likeness (QED) is 0.313. The van der Waals surface area contributed by atoms with Gasteiger partial charge in [-0.1, -0.05) is 30.3 Å². The summed E-state index contributed by atoms with van der Waals surface area (Å²) in [6, 6.07) is 12.4. The van der Waals surface area contributed by atoms with E-state index in [-0.39, 0.29) is 24.4 Å². The highest BCUT2D eigenvalue weighted by Gasteiger charge is 2.32. The minimum atomic E-state index is -1.13. The largest absolute Gasteiger partial charge is 0.368 e. The Hall–Kier alpha value is -4.21. The van der Waals surface area contributed by atoms with Crippen LogP contribution in [-0.4, -0.2) is 47.2 Å². The number of carbonyl (C=O) groups excluding carboxylic acids is 4. The fourth-order valence-electron chi connectivity index (χ4n) is 4.21. The number of para-hydroxylation sites is 1. The smallest absolute Gasteiger partial charge is 0.268 e. The second-order valence-corrected chi connectivity index (χ2v) is 8.61. The molecule has 1 aromatic heterocycles. The maximum absolute atomic E-state index is 13.8. The highest BCUT2D eigenvalue weighted by molar-refractivity contribution is 6.00. The van der Waals surface area contributed by atoms with Crippen LogP contribution >= 0.6 is 0 Å². The Morgan fingerprint density at radius 3 is 2.54 bits per heavy atom. The summed E-state index contributed by atoms with van der Waals surface area (Å²) in [5.74, 6) is -3.12. The van der Waals surface area contributed by atoms with E-state index in [0.717, 1.165) is 10.9 Å². The van der Waals surface area contributed by atoms with E-state index in [1.54, 1.807) is 12.1 Å². The van der Waals surface area contributed by atoms with Gasteiger partial charge >= 0.3 is 0 Å². The lowest BCUT2D eigenvalue weighted by Gasteiger charge is -2.23. The molecule has 3 aromatic rings. The van der Waals surface area contributed by atoms with Crippen LogP contribution in [0.1, 0.15) is 28.9 Å². The molecule has 0 aliphatic carbocycles. The highest BCUT2D eigenvalue weighted by Crippen LogP contribution is 2.17. The Bertz CT molecular complexity index is 1240. The number of nitrogens with two attached hydrogens (primary N) is 1. The van der Waals surface area contributed by atoms with Crippen LogP contribution in [-0.2, 0) is 20.8 Å². The van der Waals surface area contributed by atoms with E-state index in [4.69, 9.17) is 5.73 Å². The number of fused-ring (bicyclic) bond motifs is 1. The van der Waals surface area contributed by atoms with Crippen LogP contribution in [0.5, 0.6) is 0 Å². The molecule has 0 bridgehead atoms. The zero-order valence-electron chi connectivity index (χ0n) is 18.8. The lowest BCUT2D eigenvalue weighted by molar-refractivity contribution is -0.130. The van der Waals surface area contributed by atoms with Crippen molar-refractivity contribution >= 4 is 34.5 Å². The zero-order chi connectivity index (χ0) is 24.9. The van der Waals surface area contributed by atoms with Gasteiger partial charge in [0.15, 0.2) is 0 Å². The van der Waals surface area contributed by atoms with Crippen molar-refractivity contribution in [3.8, 4) is 0 Å². The minimum Gasteiger partial charge on any atom is -0.368 e. The average molecular weight is 480 g/mol. The van der Waals surface area contributed by atoms with Crippen molar-refractivity contribution in [2.75, 3.05) is 6.54 Å². The molecule has 1 aliphatic rings. The van der Waals surface area contributed by atoms with Gasteiger partial charge in [0.25, 0.3) is 5.91 Å². The molecule has 35 heavy (non-hydrogen) atoms. The zero-order valence-corrected chi connectivity index (χ0v) is 18.8. The first-order valence-electron chi connectivity index (χ1n) is 11.3. The fraction of sp³-hybridized carbons (Fsp3) is 0.280. The van der Waals surface area contributed by atoms with Crippen LogP contribution in [0, 0.1) is 11.7 Å². The van der Waals surface area contributed by atoms with Gasteiger partial charge in [-0.2, -0.15) is 0 Å². The Morgan fingerprint density at radius 1 is 1.06 bits per heavy atom. The molecule has 9 nitrogen and oxygen atoms in total. The molecular weight excluding hydrogens is 453 g/mol. The maximum Gasteiger partial charge on any atom is 0.268 e. The van der Waals surface area contributed by atoms with Crippen LogP contribution in [0.25, 0.3) is 10.9 Å². The Kier molecular flexibility index (Phi) is 7.09. The second kappa shape index (κ2) is 10.4. The third kappa shape index (κ3) is 5.84. The monoisotopic (exact) mass is 479 g/mol. The van der Waals surface area contributed by atoms with E-state index in [1.165, 1.54) is 18.2 Å². The summed E-state index contributed by atoms with van der Waals surface area (Å²) in [7, 11) is 0. The first kappa shape index (κ1) is 23.9. The molecule has 0 radical (unpaired) electrons. The summed E-state index contributed by atoms with van der Waals surface area (Å²) in [6.45, 7) is 0.492. The number of rotatable bonds is 9. The standard InChI is InChI=1S/C25H26FN5O4/c26-17-6-3-4-14(10-17)11-20(31-25(35)21-12-15-5-1-2-7-18(15)29-21)24(34)30-19(22(27)32)13-16-8-9-28-23(16)33/h1-7,10,12,16,19-20,29H,8-9,11,13H2,(H2,27,32)(H,28,33)(H,30,34)(H,31,35)/t16-,19-,20-/m0/s1. The lowest BCUT2D eigenvalue weighted by Crippen LogP contribution is -2.54. The van der Waals surface area contributed by atoms with Gasteiger partial charge in [0.05, 0.1) is 0 Å². The third-order valence-corrected chi connectivity index (χ3v) is 6.07. The van der Waals surface area contributed by atoms with Gasteiger partial charge in [-0.15, -0.1) is 0 Å². The molecule has 2 aromatic carbocycles. The van der Waals surface area contributed by atoms with Crippen molar-refractivity contribution in [3.05, 3.63) is 71.7 Å². The van der Waals surface area contributed by atoms with Gasteiger partial charge in [-0.25, -0.2) is 4.39 Å². The topological polar surface area (TPSA) is 146 Å². The molecule has 0 saturated carbocycles. The Morgan fingerprint density at radius 2 is 1.86 bits per heavy atom. The minimum absolute atomic E-state index is 0.0229. The van der Waals surface area contributed by atoms with Gasteiger partial charge in [0.2, 0.25) is 17.7 Å². The van der Waals surface area contributed by atoms with Crippen LogP contribution in [0.15, 0.2) is 54.6 Å². The normalized spacial score (nSPS) is 16.9. The van der Waals surface area contributed by atoms with Crippen molar-refractivity contribution in [2.45, 2.75) is 31.3 Å². The lowest BCUT2D eigenvalue weighted by atomic mass is 9.97. The highest BCUT2D eigenvalue weighted by atomic mass is 19.1. The first-order valence-corrected chi connectivity index (χ1v) is 11.3. The van der Waals surface area contributed by atoms with Gasteiger partial charge in [-0.05, 0) is 42.7 Å². The summed E-state index contributed by atoms with van der Waals surface area (Å²) in [5.41, 5.74) is 6.97. The van der Waals surface area contributed by atoms with Crippen LogP contribution in [0.3, 0.4) is 0 Å². The number of nitrogens with one attached hydrogen (secondary N) is 4. The molecule has 4 rings (SSSR count). The SMILES string of the molecule is NC(=O)[C@H](C[C@@H]1CCNC1=O)NC(=O)[C@H](Cc1cccc(F)c1)NC(=O)c1cc2ccccc2[nH]1. The molecule has 182 valence electrons. The predicted octanol–water partition coefficient (Wildman–Crippen LogP) is 1.14. The van der Waals surface area contributed by atoms with Crippen molar-refractivity contribution in [1.82, 2.24) is 20.9 Å². The Balaban J connectivity index is 1.53. The van der Waals surface area contributed by atoms with Crippen LogP contribution < -0.4 is 21.7 Å². The second-order valence-electron chi connectivity index (χ2n) is 8.61. The van der Waals surface area contributed by atoms with E-state index in [9.17, 15) is 23.6 Å². The van der Waals surface area contributed by atoms with Crippen molar-refractivity contribution in [1.29, 1.82) is 0 Å². The number of carbonyl (C=O) groups is 4. The predicted molar refractivity (Wildman–Crippen MR) is 127 cm³/mol. The summed E-state index contributed by atoms with van der Waals surface area (Å²) in [4.78, 5) is 53.2. The number of aromatic nitrogens is 1. The molecule has 4 amide bonds. The molecule has 6 N–H and O–H groups in total. The number of primary amides is 1. The fourth-order valence-corrected chi connectivity index (χ4v) is 4.21. The molecule has 1 aliphatic heterocycles. The van der Waals surface area contributed by atoms with Gasteiger partial charge in [-0.3, -0.25) is 19.2 Å². The summed E-state index contributed by atoms with van der Waals surface area (Å²) >= 11 is 0. The first-order chi connectivity index (χ1) is 16.8. The number of H-pyrrole nitrogens is 1. The molecule has 10 heteroatoms. The maximum atomic E-state index is 13.8. The molecule has 3 atom stereocenters. The summed E-state index contributed by atoms with van der Waals surface area (Å²) in [5, 5.41) is 8.75. The molecule has 0 spiro atoms. The molecule has 2 heterocycles. The molecule has 1 saturated heterocycles. The van der Waals surface area contributed by atoms with E-state index >= 15 is 0 Å². The Labute approximate surface area is 200 Å². The van der Waals surface area contributed by atoms with Crippen molar-refractivity contribution in [3.63, 3.8) is 0 Å². The van der Waals surface area contributed by atoms with Gasteiger partial charge < -0.3 is 26.7 Å². The van der Waals surface area contributed by atoms with Gasteiger partial charge in [0.1, 0.15) is 23.6 Å². The number of amides is 4. The van der Waals surface area contributed by atoms with Crippen LogP contribution in [0.2, 0.25) is 0 Å². The third-order valence-electron chi connectivity index (χ3n) is 6.07. The molecule has 1 fully saturated rings. The van der Waals surface area contributed by atoms with E-state index in [0.29, 0.717) is 18.5 Å². The summed E-state index contributed by atoms with van der Waals surface area (Å²) in [6.07, 6.45) is 0.558. The number of hydrogen-bond acceptors (Lipinski definition) is 4. The van der Waals surface area contributed by atoms with Gasteiger partial charge in [0, 0.05) is 29.8 Å². The van der Waals surface area contributed by atoms with Crippen LogP contribution in [0.4, 0.5) is 4.39 Å². The number of aromatic amines is 1. The molecule has 0 unspecified atom stereocenters. The number of benzene rings is 2. The van der Waals surface area contributed by atoms with E-state index in [2.05, 4.69) is 20.9 Å². The number of hydrogen-bond donors (Lipinski definition) is 5. The van der Waals surface area contributed by atoms with E-state index < -0.39 is 41.5 Å². The molecular formula is C25H26FN5O4. The van der Waals surface area contributed by atoms with Crippen molar-refractivity contribution in [2.24, 2.45) is 11.7 Å².